The highest BCUT2D eigenvalue weighted by Gasteiger charge is 2.59. The summed E-state index contributed by atoms with van der Waals surface area (Å²) in [4.78, 5) is 0. The Labute approximate surface area is 127 Å². The van der Waals surface area contributed by atoms with E-state index in [0.29, 0.717) is 17.6 Å². The smallest absolute Gasteiger partial charge is 0.115 e. The van der Waals surface area contributed by atoms with Crippen LogP contribution in [0.3, 0.4) is 0 Å². The predicted octanol–water partition coefficient (Wildman–Crippen LogP) is 4.00. The average Bonchev–Trinajstić information content (AvgIpc) is 2.69. The number of aryl methyl sites for hydroxylation is 1. The minimum Gasteiger partial charge on any atom is -0.508 e. The van der Waals surface area contributed by atoms with Gasteiger partial charge in [-0.25, -0.2) is 0 Å². The van der Waals surface area contributed by atoms with Gasteiger partial charge in [0.2, 0.25) is 0 Å². The fourth-order valence-electron chi connectivity index (χ4n) is 5.81. The first kappa shape index (κ1) is 13.6. The Kier molecular flexibility index (Phi) is 2.76. The van der Waals surface area contributed by atoms with E-state index in [2.05, 4.69) is 19.9 Å². The summed E-state index contributed by atoms with van der Waals surface area (Å²) in [6, 6.07) is 5.96. The van der Waals surface area contributed by atoms with Crippen LogP contribution in [0, 0.1) is 17.3 Å². The van der Waals surface area contributed by atoms with Gasteiger partial charge in [-0.2, -0.15) is 0 Å². The monoisotopic (exact) mass is 286 g/mol. The molecule has 3 aliphatic carbocycles. The van der Waals surface area contributed by atoms with E-state index in [9.17, 15) is 10.2 Å². The highest BCUT2D eigenvalue weighted by atomic mass is 16.3. The van der Waals surface area contributed by atoms with Crippen molar-refractivity contribution in [1.82, 2.24) is 0 Å². The minimum atomic E-state index is -0.488. The molecule has 4 rings (SSSR count). The molecule has 0 bridgehead atoms. The first-order valence-corrected chi connectivity index (χ1v) is 8.46. The average molecular weight is 286 g/mol. The maximum atomic E-state index is 10.8. The summed E-state index contributed by atoms with van der Waals surface area (Å²) in [5, 5.41) is 20.5. The molecular weight excluding hydrogens is 260 g/mol. The van der Waals surface area contributed by atoms with Crippen LogP contribution in [-0.2, 0) is 6.42 Å². The molecule has 0 saturated heterocycles. The third-order valence-electron chi connectivity index (χ3n) is 7.27. The Morgan fingerprint density at radius 1 is 1.10 bits per heavy atom. The number of fused-ring (bicyclic) bond motifs is 5. The molecule has 0 amide bonds. The molecule has 2 N–H and O–H groups in total. The molecule has 5 atom stereocenters. The molecule has 1 aromatic carbocycles. The van der Waals surface area contributed by atoms with Crippen molar-refractivity contribution in [3.63, 3.8) is 0 Å². The number of phenols is 1. The Morgan fingerprint density at radius 3 is 2.71 bits per heavy atom. The van der Waals surface area contributed by atoms with Crippen LogP contribution in [0.15, 0.2) is 18.2 Å². The van der Waals surface area contributed by atoms with Crippen molar-refractivity contribution in [2.24, 2.45) is 17.3 Å². The molecule has 0 aliphatic heterocycles. The lowest BCUT2D eigenvalue weighted by Gasteiger charge is -2.52. The standard InChI is InChI=1S/C19H26O2/c1-18-9-7-15-14-6-4-13(20)11-12(14)3-5-16(15)17(18)8-10-19(18,2)21/h4,6,11,15-17,20-21H,3,5,7-10H2,1-2H3/t15-,16+,17+,18-,19-/m0/s1. The zero-order valence-corrected chi connectivity index (χ0v) is 13.1. The first-order valence-electron chi connectivity index (χ1n) is 8.46. The van der Waals surface area contributed by atoms with Crippen LogP contribution in [0.1, 0.15) is 63.0 Å². The van der Waals surface area contributed by atoms with Crippen molar-refractivity contribution < 1.29 is 10.2 Å². The number of phenolic OH excluding ortho intramolecular Hbond substituents is 1. The minimum absolute atomic E-state index is 0.0998. The van der Waals surface area contributed by atoms with Gasteiger partial charge < -0.3 is 10.2 Å². The van der Waals surface area contributed by atoms with Crippen LogP contribution < -0.4 is 0 Å². The van der Waals surface area contributed by atoms with E-state index in [1.54, 1.807) is 0 Å². The number of aliphatic hydroxyl groups is 1. The highest BCUT2D eigenvalue weighted by Crippen LogP contribution is 2.64. The second kappa shape index (κ2) is 4.25. The summed E-state index contributed by atoms with van der Waals surface area (Å²) in [5.74, 6) is 2.42. The van der Waals surface area contributed by atoms with Crippen molar-refractivity contribution in [2.45, 2.75) is 63.9 Å². The summed E-state index contributed by atoms with van der Waals surface area (Å²) in [6.45, 7) is 4.38. The van der Waals surface area contributed by atoms with Gasteiger partial charge in [-0.3, -0.25) is 0 Å². The third kappa shape index (κ3) is 1.75. The topological polar surface area (TPSA) is 40.5 Å². The van der Waals surface area contributed by atoms with E-state index in [1.165, 1.54) is 30.4 Å². The normalized spacial score (nSPS) is 44.8. The van der Waals surface area contributed by atoms with Gasteiger partial charge in [-0.15, -0.1) is 0 Å². The van der Waals surface area contributed by atoms with Crippen molar-refractivity contribution in [3.8, 4) is 5.75 Å². The van der Waals surface area contributed by atoms with Gasteiger partial charge in [-0.1, -0.05) is 13.0 Å². The third-order valence-corrected chi connectivity index (χ3v) is 7.27. The highest BCUT2D eigenvalue weighted by molar-refractivity contribution is 5.40. The molecule has 2 nitrogen and oxygen atoms in total. The molecular formula is C19H26O2. The zero-order valence-electron chi connectivity index (χ0n) is 13.1. The molecule has 0 unspecified atom stereocenters. The fraction of sp³-hybridized carbons (Fsp3) is 0.684. The molecule has 3 aliphatic rings. The van der Waals surface area contributed by atoms with Gasteiger partial charge in [0.1, 0.15) is 5.75 Å². The van der Waals surface area contributed by atoms with Gasteiger partial charge in [0.25, 0.3) is 0 Å². The molecule has 2 fully saturated rings. The molecule has 21 heavy (non-hydrogen) atoms. The van der Waals surface area contributed by atoms with E-state index >= 15 is 0 Å². The summed E-state index contributed by atoms with van der Waals surface area (Å²) < 4.78 is 0. The Bertz CT molecular complexity index is 577. The van der Waals surface area contributed by atoms with Crippen LogP contribution in [0.25, 0.3) is 0 Å². The maximum Gasteiger partial charge on any atom is 0.115 e. The molecule has 2 heteroatoms. The lowest BCUT2D eigenvalue weighted by molar-refractivity contribution is -0.0901. The van der Waals surface area contributed by atoms with E-state index in [4.69, 9.17) is 0 Å². The van der Waals surface area contributed by atoms with Crippen molar-refractivity contribution in [2.75, 3.05) is 0 Å². The zero-order chi connectivity index (χ0) is 14.8. The summed E-state index contributed by atoms with van der Waals surface area (Å²) in [5.41, 5.74) is 2.43. The first-order chi connectivity index (χ1) is 9.92. The summed E-state index contributed by atoms with van der Waals surface area (Å²) in [6.07, 6.45) is 6.76. The van der Waals surface area contributed by atoms with Crippen molar-refractivity contribution >= 4 is 0 Å². The number of hydrogen-bond acceptors (Lipinski definition) is 2. The SMILES string of the molecule is C[C@]1(O)CC[C@@H]2[C@@H]3CCc4cc(O)ccc4[C@@H]3CC[C@@]21C. The van der Waals surface area contributed by atoms with Gasteiger partial charge in [0.05, 0.1) is 5.60 Å². The Balaban J connectivity index is 1.72. The predicted molar refractivity (Wildman–Crippen MR) is 83.3 cm³/mol. The Morgan fingerprint density at radius 2 is 1.90 bits per heavy atom. The van der Waals surface area contributed by atoms with Crippen molar-refractivity contribution in [1.29, 1.82) is 0 Å². The van der Waals surface area contributed by atoms with Crippen LogP contribution in [0.4, 0.5) is 0 Å². The molecule has 0 aromatic heterocycles. The second-order valence-corrected chi connectivity index (χ2v) is 8.07. The molecule has 114 valence electrons. The van der Waals surface area contributed by atoms with Crippen LogP contribution in [-0.4, -0.2) is 15.8 Å². The van der Waals surface area contributed by atoms with Gasteiger partial charge in [0.15, 0.2) is 0 Å². The summed E-state index contributed by atoms with van der Waals surface area (Å²) in [7, 11) is 0. The van der Waals surface area contributed by atoms with Gasteiger partial charge in [-0.05, 0) is 91.9 Å². The van der Waals surface area contributed by atoms with Crippen LogP contribution in [0.5, 0.6) is 5.75 Å². The maximum absolute atomic E-state index is 10.8. The fourth-order valence-corrected chi connectivity index (χ4v) is 5.81. The molecule has 0 heterocycles. The molecule has 2 saturated carbocycles. The molecule has 0 spiro atoms. The van der Waals surface area contributed by atoms with E-state index in [-0.39, 0.29) is 5.41 Å². The molecule has 0 radical (unpaired) electrons. The van der Waals surface area contributed by atoms with E-state index < -0.39 is 5.60 Å². The van der Waals surface area contributed by atoms with Crippen molar-refractivity contribution in [3.05, 3.63) is 29.3 Å². The largest absolute Gasteiger partial charge is 0.508 e. The van der Waals surface area contributed by atoms with Gasteiger partial charge >= 0.3 is 0 Å². The second-order valence-electron chi connectivity index (χ2n) is 8.07. The quantitative estimate of drug-likeness (QED) is 0.757. The van der Waals surface area contributed by atoms with E-state index in [1.807, 2.05) is 12.1 Å². The number of aromatic hydroxyl groups is 1. The van der Waals surface area contributed by atoms with E-state index in [0.717, 1.165) is 25.2 Å². The number of rotatable bonds is 0. The summed E-state index contributed by atoms with van der Waals surface area (Å²) >= 11 is 0. The van der Waals surface area contributed by atoms with Crippen LogP contribution >= 0.6 is 0 Å². The van der Waals surface area contributed by atoms with Crippen LogP contribution in [0.2, 0.25) is 0 Å². The Hall–Kier alpha value is -1.02. The number of hydrogen-bond donors (Lipinski definition) is 2. The van der Waals surface area contributed by atoms with Gasteiger partial charge in [0, 0.05) is 0 Å². The lowest BCUT2D eigenvalue weighted by atomic mass is 9.53. The lowest BCUT2D eigenvalue weighted by Crippen LogP contribution is -2.49. The number of benzene rings is 1. The molecule has 1 aromatic rings.